The summed E-state index contributed by atoms with van der Waals surface area (Å²) in [7, 11) is 1.94. The SMILES string of the molecule is CC[N+](C)=CNN. The summed E-state index contributed by atoms with van der Waals surface area (Å²) in [6, 6.07) is 0. The van der Waals surface area contributed by atoms with E-state index in [2.05, 4.69) is 5.43 Å². The van der Waals surface area contributed by atoms with Crippen molar-refractivity contribution in [1.82, 2.24) is 5.43 Å². The standard InChI is InChI=1S/C4H11N3/c1-3-7(2)4-6-5/h4H,3,5H2,1-2H3/p+1. The Kier molecular flexibility index (Phi) is 3.32. The van der Waals surface area contributed by atoms with E-state index < -0.39 is 0 Å². The molecule has 3 heteroatoms. The Balaban J connectivity index is 3.29. The van der Waals surface area contributed by atoms with Crippen LogP contribution >= 0.6 is 0 Å². The van der Waals surface area contributed by atoms with E-state index in [0.29, 0.717) is 0 Å². The number of nitrogens with two attached hydrogens (primary N) is 1. The van der Waals surface area contributed by atoms with E-state index in [-0.39, 0.29) is 0 Å². The minimum Gasteiger partial charge on any atom is -0.270 e. The fourth-order valence-corrected chi connectivity index (χ4v) is 0.219. The van der Waals surface area contributed by atoms with Crippen molar-refractivity contribution < 1.29 is 4.58 Å². The first-order valence-corrected chi connectivity index (χ1v) is 2.31. The highest BCUT2D eigenvalue weighted by atomic mass is 15.2. The highest BCUT2D eigenvalue weighted by Gasteiger charge is 1.78. The molecule has 0 aliphatic carbocycles. The molecule has 7 heavy (non-hydrogen) atoms. The van der Waals surface area contributed by atoms with Crippen molar-refractivity contribution in [2.24, 2.45) is 5.84 Å². The van der Waals surface area contributed by atoms with Crippen LogP contribution in [-0.4, -0.2) is 24.5 Å². The molecule has 0 saturated carbocycles. The lowest BCUT2D eigenvalue weighted by atomic mass is 10.7. The molecule has 3 nitrogen and oxygen atoms in total. The molecule has 0 atom stereocenters. The van der Waals surface area contributed by atoms with Crippen molar-refractivity contribution >= 4 is 6.34 Å². The van der Waals surface area contributed by atoms with Crippen molar-refractivity contribution in [2.75, 3.05) is 13.6 Å². The summed E-state index contributed by atoms with van der Waals surface area (Å²) in [5.41, 5.74) is 2.42. The molecule has 0 aromatic rings. The van der Waals surface area contributed by atoms with Gasteiger partial charge in [0.2, 0.25) is 6.34 Å². The summed E-state index contributed by atoms with van der Waals surface area (Å²) in [5.74, 6) is 4.96. The van der Waals surface area contributed by atoms with Crippen molar-refractivity contribution in [1.29, 1.82) is 0 Å². The molecular formula is C4H12N3+. The lowest BCUT2D eigenvalue weighted by molar-refractivity contribution is -0.490. The molecule has 3 N–H and O–H groups in total. The molecule has 42 valence electrons. The Morgan fingerprint density at radius 2 is 2.43 bits per heavy atom. The lowest BCUT2D eigenvalue weighted by Crippen LogP contribution is -2.25. The second-order valence-corrected chi connectivity index (χ2v) is 1.37. The quantitative estimate of drug-likeness (QED) is 0.157. The number of hydrazine groups is 1. The van der Waals surface area contributed by atoms with Crippen LogP contribution in [0.4, 0.5) is 0 Å². The Morgan fingerprint density at radius 3 is 2.57 bits per heavy atom. The van der Waals surface area contributed by atoms with Crippen molar-refractivity contribution in [3.05, 3.63) is 0 Å². The third kappa shape index (κ3) is 3.26. The van der Waals surface area contributed by atoms with Gasteiger partial charge in [-0.05, 0) is 6.92 Å². The lowest BCUT2D eigenvalue weighted by Gasteiger charge is -1.89. The topological polar surface area (TPSA) is 41.1 Å². The van der Waals surface area contributed by atoms with E-state index in [9.17, 15) is 0 Å². The van der Waals surface area contributed by atoms with Gasteiger partial charge in [0.15, 0.2) is 0 Å². The first kappa shape index (κ1) is 6.43. The predicted molar refractivity (Wildman–Crippen MR) is 30.1 cm³/mol. The molecule has 0 heterocycles. The molecular weight excluding hydrogens is 90.1 g/mol. The summed E-state index contributed by atoms with van der Waals surface area (Å²) < 4.78 is 1.94. The summed E-state index contributed by atoms with van der Waals surface area (Å²) in [6.07, 6.45) is 1.71. The van der Waals surface area contributed by atoms with Gasteiger partial charge in [0.05, 0.1) is 13.6 Å². The second-order valence-electron chi connectivity index (χ2n) is 1.37. The Morgan fingerprint density at radius 1 is 1.86 bits per heavy atom. The number of hydrogen-bond acceptors (Lipinski definition) is 1. The van der Waals surface area contributed by atoms with Crippen LogP contribution in [0.25, 0.3) is 0 Å². The van der Waals surface area contributed by atoms with E-state index in [1.54, 1.807) is 6.34 Å². The van der Waals surface area contributed by atoms with Crippen LogP contribution < -0.4 is 11.3 Å². The zero-order valence-electron chi connectivity index (χ0n) is 4.81. The van der Waals surface area contributed by atoms with Crippen LogP contribution in [-0.2, 0) is 0 Å². The van der Waals surface area contributed by atoms with E-state index in [0.717, 1.165) is 6.54 Å². The van der Waals surface area contributed by atoms with Gasteiger partial charge in [-0.3, -0.25) is 4.58 Å². The summed E-state index contributed by atoms with van der Waals surface area (Å²) in [6.45, 7) is 3.03. The first-order chi connectivity index (χ1) is 3.31. The molecule has 0 radical (unpaired) electrons. The van der Waals surface area contributed by atoms with E-state index in [4.69, 9.17) is 5.84 Å². The van der Waals surface area contributed by atoms with Gasteiger partial charge in [-0.15, -0.1) is 0 Å². The van der Waals surface area contributed by atoms with Crippen LogP contribution in [0.15, 0.2) is 0 Å². The van der Waals surface area contributed by atoms with Crippen molar-refractivity contribution in [2.45, 2.75) is 6.92 Å². The zero-order chi connectivity index (χ0) is 5.70. The van der Waals surface area contributed by atoms with Crippen molar-refractivity contribution in [3.63, 3.8) is 0 Å². The maximum Gasteiger partial charge on any atom is 0.249 e. The van der Waals surface area contributed by atoms with E-state index >= 15 is 0 Å². The van der Waals surface area contributed by atoms with Gasteiger partial charge in [-0.1, -0.05) is 0 Å². The van der Waals surface area contributed by atoms with Gasteiger partial charge in [0.25, 0.3) is 0 Å². The monoisotopic (exact) mass is 102 g/mol. The predicted octanol–water partition coefficient (Wildman–Crippen LogP) is -0.860. The number of nitrogens with one attached hydrogen (secondary N) is 1. The first-order valence-electron chi connectivity index (χ1n) is 2.31. The van der Waals surface area contributed by atoms with Crippen molar-refractivity contribution in [3.8, 4) is 0 Å². The highest BCUT2D eigenvalue weighted by molar-refractivity contribution is 5.46. The summed E-state index contributed by atoms with van der Waals surface area (Å²) in [4.78, 5) is 0. The molecule has 0 aromatic carbocycles. The van der Waals surface area contributed by atoms with Crippen LogP contribution in [0.3, 0.4) is 0 Å². The molecule has 0 spiro atoms. The zero-order valence-corrected chi connectivity index (χ0v) is 4.81. The largest absolute Gasteiger partial charge is 0.270 e. The summed E-state index contributed by atoms with van der Waals surface area (Å²) in [5, 5.41) is 0. The Labute approximate surface area is 43.8 Å². The third-order valence-electron chi connectivity index (χ3n) is 0.794. The average molecular weight is 102 g/mol. The van der Waals surface area contributed by atoms with Crippen LogP contribution in [0, 0.1) is 0 Å². The minimum absolute atomic E-state index is 0.976. The Bertz CT molecular complexity index is 67.3. The van der Waals surface area contributed by atoms with Gasteiger partial charge in [-0.25, -0.2) is 5.43 Å². The highest BCUT2D eigenvalue weighted by Crippen LogP contribution is 1.56. The molecule has 0 aliphatic heterocycles. The molecule has 0 aromatic heterocycles. The maximum atomic E-state index is 4.96. The number of nitrogens with zero attached hydrogens (tertiary/aromatic N) is 1. The normalized spacial score (nSPS) is 11.6. The second kappa shape index (κ2) is 3.61. The smallest absolute Gasteiger partial charge is 0.249 e. The van der Waals surface area contributed by atoms with E-state index in [1.165, 1.54) is 0 Å². The molecule has 0 rings (SSSR count). The average Bonchev–Trinajstić information content (AvgIpc) is 1.68. The molecule has 0 unspecified atom stereocenters. The van der Waals surface area contributed by atoms with Gasteiger partial charge in [0.1, 0.15) is 0 Å². The van der Waals surface area contributed by atoms with Crippen LogP contribution in [0.2, 0.25) is 0 Å². The van der Waals surface area contributed by atoms with Gasteiger partial charge >= 0.3 is 0 Å². The molecule has 0 bridgehead atoms. The van der Waals surface area contributed by atoms with Gasteiger partial charge < -0.3 is 0 Å². The fourth-order valence-electron chi connectivity index (χ4n) is 0.219. The van der Waals surface area contributed by atoms with Gasteiger partial charge in [0, 0.05) is 0 Å². The van der Waals surface area contributed by atoms with Gasteiger partial charge in [-0.2, -0.15) is 5.84 Å². The third-order valence-corrected chi connectivity index (χ3v) is 0.794. The fraction of sp³-hybridized carbons (Fsp3) is 0.750. The maximum absolute atomic E-state index is 4.96. The molecule has 0 saturated heterocycles. The minimum atomic E-state index is 0.976. The Hall–Kier alpha value is -0.570. The molecule has 0 fully saturated rings. The van der Waals surface area contributed by atoms with E-state index in [1.807, 2.05) is 18.5 Å². The molecule has 0 aliphatic rings. The number of hydrogen-bond donors (Lipinski definition) is 2. The van der Waals surface area contributed by atoms with Crippen LogP contribution in [0.1, 0.15) is 6.92 Å². The summed E-state index contributed by atoms with van der Waals surface area (Å²) >= 11 is 0. The van der Waals surface area contributed by atoms with Crippen LogP contribution in [0.5, 0.6) is 0 Å². The molecule has 0 amide bonds. The number of rotatable bonds is 2.